The molecule has 2 aliphatic rings. The molecule has 2 heterocycles. The number of carbonyl (C=O) groups excluding carboxylic acids is 1. The number of nitrogens with zero attached hydrogens (tertiary/aromatic N) is 3. The lowest BCUT2D eigenvalue weighted by Crippen LogP contribution is -2.41. The van der Waals surface area contributed by atoms with Crippen LogP contribution in [0.25, 0.3) is 11.0 Å². The fourth-order valence-corrected chi connectivity index (χ4v) is 5.24. The summed E-state index contributed by atoms with van der Waals surface area (Å²) < 4.78 is 7.40. The number of fused-ring (bicyclic) bond motifs is 1. The second-order valence-corrected chi connectivity index (χ2v) is 8.46. The van der Waals surface area contributed by atoms with Crippen molar-refractivity contribution in [1.29, 1.82) is 5.26 Å². The summed E-state index contributed by atoms with van der Waals surface area (Å²) in [5.41, 5.74) is 2.98. The molecule has 1 aliphatic carbocycles. The second kappa shape index (κ2) is 7.62. The molecule has 1 saturated heterocycles. The van der Waals surface area contributed by atoms with E-state index in [9.17, 15) is 9.59 Å². The van der Waals surface area contributed by atoms with Crippen LogP contribution in [-0.4, -0.2) is 32.7 Å². The van der Waals surface area contributed by atoms with Crippen LogP contribution in [0.5, 0.6) is 0 Å². The third kappa shape index (κ3) is 3.28. The molecule has 0 bridgehead atoms. The third-order valence-electron chi connectivity index (χ3n) is 6.65. The van der Waals surface area contributed by atoms with Crippen LogP contribution in [-0.2, 0) is 4.74 Å². The number of cyclic esters (lactones) is 1. The highest BCUT2D eigenvalue weighted by molar-refractivity contribution is 5.77. The molecule has 0 radical (unpaired) electrons. The Kier molecular flexibility index (Phi) is 4.78. The van der Waals surface area contributed by atoms with Gasteiger partial charge in [-0.25, -0.2) is 9.59 Å². The number of nitrogens with one attached hydrogen (secondary N) is 1. The number of hydrogen-bond acceptors (Lipinski definition) is 4. The predicted molar refractivity (Wildman–Crippen MR) is 116 cm³/mol. The van der Waals surface area contributed by atoms with Crippen LogP contribution >= 0.6 is 0 Å². The van der Waals surface area contributed by atoms with Gasteiger partial charge in [0.05, 0.1) is 28.7 Å². The Morgan fingerprint density at radius 1 is 1.03 bits per heavy atom. The van der Waals surface area contributed by atoms with Gasteiger partial charge in [-0.05, 0) is 56.4 Å². The summed E-state index contributed by atoms with van der Waals surface area (Å²) in [5.74, 6) is 0. The van der Waals surface area contributed by atoms with Gasteiger partial charge in [0, 0.05) is 12.1 Å². The van der Waals surface area contributed by atoms with Gasteiger partial charge in [0.15, 0.2) is 0 Å². The van der Waals surface area contributed by atoms with Gasteiger partial charge in [0.2, 0.25) is 0 Å². The molecule has 1 unspecified atom stereocenters. The number of benzene rings is 2. The van der Waals surface area contributed by atoms with Crippen LogP contribution in [0.1, 0.15) is 55.8 Å². The molecular formula is C24H24N4O3. The molecule has 2 fully saturated rings. The van der Waals surface area contributed by atoms with Crippen molar-refractivity contribution in [1.82, 2.24) is 14.5 Å². The van der Waals surface area contributed by atoms with E-state index in [1.54, 1.807) is 12.1 Å². The molecule has 3 aromatic rings. The van der Waals surface area contributed by atoms with Crippen LogP contribution in [0.3, 0.4) is 0 Å². The van der Waals surface area contributed by atoms with Crippen LogP contribution < -0.4 is 5.69 Å². The number of carbonyl (C=O) groups is 1. The number of imidazole rings is 1. The lowest BCUT2D eigenvalue weighted by Gasteiger charge is -2.37. The summed E-state index contributed by atoms with van der Waals surface area (Å²) in [7, 11) is 0. The molecule has 1 aliphatic heterocycles. The summed E-state index contributed by atoms with van der Waals surface area (Å²) in [6.07, 6.45) is 2.78. The zero-order chi connectivity index (χ0) is 21.5. The van der Waals surface area contributed by atoms with Crippen molar-refractivity contribution in [2.24, 2.45) is 0 Å². The van der Waals surface area contributed by atoms with E-state index in [1.807, 2.05) is 52.8 Å². The van der Waals surface area contributed by atoms with Crippen molar-refractivity contribution < 1.29 is 9.53 Å². The first-order valence-corrected chi connectivity index (χ1v) is 10.7. The van der Waals surface area contributed by atoms with Crippen LogP contribution in [0.15, 0.2) is 53.3 Å². The average molecular weight is 416 g/mol. The number of ether oxygens (including phenoxy) is 1. The Labute approximate surface area is 179 Å². The highest BCUT2D eigenvalue weighted by atomic mass is 16.6. The molecule has 5 rings (SSSR count). The number of amides is 1. The van der Waals surface area contributed by atoms with Gasteiger partial charge in [-0.15, -0.1) is 0 Å². The number of hydrogen-bond donors (Lipinski definition) is 1. The Hall–Kier alpha value is -3.53. The van der Waals surface area contributed by atoms with Gasteiger partial charge in [0.1, 0.15) is 6.10 Å². The van der Waals surface area contributed by atoms with E-state index in [4.69, 9.17) is 10.00 Å². The monoisotopic (exact) mass is 416 g/mol. The SMILES string of the molecule is C[C@H]1OC(=O)N(C2CCC(n3c(=O)[nH]c4cc(C#N)ccc43)CC2)C1c1ccccc1. The van der Waals surface area contributed by atoms with Gasteiger partial charge in [0.25, 0.3) is 0 Å². The first-order valence-electron chi connectivity index (χ1n) is 10.7. The lowest BCUT2D eigenvalue weighted by atomic mass is 9.88. The molecule has 7 nitrogen and oxygen atoms in total. The third-order valence-corrected chi connectivity index (χ3v) is 6.65. The van der Waals surface area contributed by atoms with Crippen molar-refractivity contribution >= 4 is 17.1 Å². The van der Waals surface area contributed by atoms with Crippen LogP contribution in [0, 0.1) is 11.3 Å². The van der Waals surface area contributed by atoms with Crippen LogP contribution in [0.4, 0.5) is 4.79 Å². The fourth-order valence-electron chi connectivity index (χ4n) is 5.24. The number of nitriles is 1. The summed E-state index contributed by atoms with van der Waals surface area (Å²) in [6, 6.07) is 17.5. The normalized spacial score (nSPS) is 26.1. The van der Waals surface area contributed by atoms with E-state index < -0.39 is 0 Å². The number of aromatic amines is 1. The van der Waals surface area contributed by atoms with Gasteiger partial charge in [-0.2, -0.15) is 5.26 Å². The Morgan fingerprint density at radius 2 is 1.74 bits per heavy atom. The summed E-state index contributed by atoms with van der Waals surface area (Å²) in [4.78, 5) is 30.1. The minimum atomic E-state index is -0.252. The maximum atomic E-state index is 12.7. The Morgan fingerprint density at radius 3 is 2.45 bits per heavy atom. The quantitative estimate of drug-likeness (QED) is 0.690. The topological polar surface area (TPSA) is 91.1 Å². The summed E-state index contributed by atoms with van der Waals surface area (Å²) >= 11 is 0. The predicted octanol–water partition coefficient (Wildman–Crippen LogP) is 4.27. The fraction of sp³-hybridized carbons (Fsp3) is 0.375. The molecule has 0 spiro atoms. The van der Waals surface area contributed by atoms with Gasteiger partial charge in [-0.1, -0.05) is 30.3 Å². The van der Waals surface area contributed by atoms with Gasteiger partial charge < -0.3 is 9.72 Å². The van der Waals surface area contributed by atoms with Crippen molar-refractivity contribution in [2.75, 3.05) is 0 Å². The molecule has 1 saturated carbocycles. The number of H-pyrrole nitrogens is 1. The molecule has 2 atom stereocenters. The summed E-state index contributed by atoms with van der Waals surface area (Å²) in [5, 5.41) is 9.11. The Bertz CT molecular complexity index is 1220. The highest BCUT2D eigenvalue weighted by Crippen LogP contribution is 2.40. The van der Waals surface area contributed by atoms with Crippen molar-refractivity contribution in [3.63, 3.8) is 0 Å². The van der Waals surface area contributed by atoms with E-state index in [0.29, 0.717) is 11.1 Å². The minimum absolute atomic E-state index is 0.0663. The van der Waals surface area contributed by atoms with Crippen molar-refractivity contribution in [3.8, 4) is 6.07 Å². The molecular weight excluding hydrogens is 392 g/mol. The molecule has 158 valence electrons. The number of rotatable bonds is 3. The number of aromatic nitrogens is 2. The van der Waals surface area contributed by atoms with Crippen molar-refractivity contribution in [3.05, 3.63) is 70.1 Å². The standard InChI is InChI=1S/C24H24N4O3/c1-15-22(17-5-3-2-4-6-17)28(24(30)31-15)19-10-8-18(9-11-19)27-21-12-7-16(14-25)13-20(21)26-23(27)29/h2-7,12-13,15,18-19,22H,8-11H2,1H3,(H,26,29)/t15-,18?,19?,22?/m1/s1. The molecule has 1 N–H and O–H groups in total. The average Bonchev–Trinajstić information content (AvgIpc) is 3.28. The Balaban J connectivity index is 1.38. The first kappa shape index (κ1) is 19.4. The van der Waals surface area contributed by atoms with E-state index in [1.165, 1.54) is 0 Å². The van der Waals surface area contributed by atoms with E-state index >= 15 is 0 Å². The van der Waals surface area contributed by atoms with Gasteiger partial charge >= 0.3 is 11.8 Å². The van der Waals surface area contributed by atoms with E-state index in [2.05, 4.69) is 11.1 Å². The maximum Gasteiger partial charge on any atom is 0.411 e. The van der Waals surface area contributed by atoms with Crippen LogP contribution in [0.2, 0.25) is 0 Å². The van der Waals surface area contributed by atoms with Crippen molar-refractivity contribution in [2.45, 2.75) is 56.8 Å². The minimum Gasteiger partial charge on any atom is -0.444 e. The molecule has 1 amide bonds. The zero-order valence-corrected chi connectivity index (χ0v) is 17.3. The molecule has 1 aromatic heterocycles. The maximum absolute atomic E-state index is 12.7. The molecule has 31 heavy (non-hydrogen) atoms. The van der Waals surface area contributed by atoms with Gasteiger partial charge in [-0.3, -0.25) is 9.47 Å². The smallest absolute Gasteiger partial charge is 0.411 e. The molecule has 7 heteroatoms. The largest absolute Gasteiger partial charge is 0.444 e. The summed E-state index contributed by atoms with van der Waals surface area (Å²) in [6.45, 7) is 1.95. The second-order valence-electron chi connectivity index (χ2n) is 8.46. The van der Waals surface area contributed by atoms with E-state index in [-0.39, 0.29) is 36.0 Å². The highest BCUT2D eigenvalue weighted by Gasteiger charge is 2.44. The van der Waals surface area contributed by atoms with E-state index in [0.717, 1.165) is 36.8 Å². The lowest BCUT2D eigenvalue weighted by molar-refractivity contribution is 0.121. The molecule has 2 aromatic carbocycles. The first-order chi connectivity index (χ1) is 15.1. The zero-order valence-electron chi connectivity index (χ0n) is 17.3.